The average molecular weight is 555 g/mol. The van der Waals surface area contributed by atoms with Crippen LogP contribution in [0, 0.1) is 6.92 Å². The molecule has 0 radical (unpaired) electrons. The molecule has 35 heavy (non-hydrogen) atoms. The molecule has 2 rings (SSSR count). The van der Waals surface area contributed by atoms with Crippen molar-refractivity contribution in [1.82, 2.24) is 5.09 Å². The van der Waals surface area contributed by atoms with E-state index in [0.717, 1.165) is 11.3 Å². The molecule has 0 heterocycles. The van der Waals surface area contributed by atoms with Gasteiger partial charge < -0.3 is 14.0 Å². The maximum absolute atomic E-state index is 12.5. The van der Waals surface area contributed by atoms with Gasteiger partial charge in [0.2, 0.25) is 10.3 Å². The Kier molecular flexibility index (Phi) is 15.6. The molecule has 2 aromatic carbocycles. The Hall–Kier alpha value is -0.950. The number of anilines is 1. The molecule has 0 spiro atoms. The zero-order valence-corrected chi connectivity index (χ0v) is 25.9. The van der Waals surface area contributed by atoms with E-state index in [1.807, 2.05) is 64.2 Å². The molecular formula is C21H32N4NaO6PS2. The molecule has 1 unspecified atom stereocenters. The van der Waals surface area contributed by atoms with Crippen LogP contribution in [0.2, 0.25) is 0 Å². The van der Waals surface area contributed by atoms with Crippen LogP contribution in [-0.4, -0.2) is 46.0 Å². The molecule has 0 aliphatic heterocycles. The van der Waals surface area contributed by atoms with Gasteiger partial charge >= 0.3 is 37.3 Å². The summed E-state index contributed by atoms with van der Waals surface area (Å²) in [4.78, 5) is 3.06. The van der Waals surface area contributed by atoms with Gasteiger partial charge in [-0.2, -0.15) is 0 Å². The SMILES string of the molecule is CCOP(=O)(NC(C)C)Oc1ccc(SC)c(C)c1.CN(C)c1ccc(/N=N/S(=O)(=O)[O-])cc1.[Na+]. The molecule has 14 heteroatoms. The Morgan fingerprint density at radius 1 is 1.17 bits per heavy atom. The monoisotopic (exact) mass is 554 g/mol. The predicted octanol–water partition coefficient (Wildman–Crippen LogP) is 2.54. The van der Waals surface area contributed by atoms with Gasteiger partial charge in [0.15, 0.2) is 0 Å². The summed E-state index contributed by atoms with van der Waals surface area (Å²) in [5.74, 6) is 0.556. The molecule has 0 saturated carbocycles. The second kappa shape index (κ2) is 16.0. The molecule has 0 aliphatic carbocycles. The number of hydrogen-bond donors (Lipinski definition) is 1. The van der Waals surface area contributed by atoms with Gasteiger partial charge in [-0.3, -0.25) is 4.52 Å². The minimum absolute atomic E-state index is 0. The van der Waals surface area contributed by atoms with Gasteiger partial charge in [0.25, 0.3) is 0 Å². The zero-order chi connectivity index (χ0) is 25.9. The molecule has 0 fully saturated rings. The minimum Gasteiger partial charge on any atom is -0.728 e. The third kappa shape index (κ3) is 13.8. The van der Waals surface area contributed by atoms with Crippen molar-refractivity contribution in [2.75, 3.05) is 31.9 Å². The Bertz CT molecular complexity index is 1100. The molecule has 1 atom stereocenters. The van der Waals surface area contributed by atoms with Crippen molar-refractivity contribution in [3.05, 3.63) is 48.0 Å². The van der Waals surface area contributed by atoms with Crippen molar-refractivity contribution < 1.29 is 56.1 Å². The van der Waals surface area contributed by atoms with Gasteiger partial charge in [-0.1, -0.05) is 4.52 Å². The van der Waals surface area contributed by atoms with E-state index in [1.165, 1.54) is 4.90 Å². The zero-order valence-electron chi connectivity index (χ0n) is 21.4. The quantitative estimate of drug-likeness (QED) is 0.155. The average Bonchev–Trinajstić information content (AvgIpc) is 2.72. The molecule has 0 bridgehead atoms. The molecule has 0 saturated heterocycles. The van der Waals surface area contributed by atoms with Crippen LogP contribution in [0.5, 0.6) is 5.75 Å². The Balaban J connectivity index is 0.000000659. The van der Waals surface area contributed by atoms with Crippen molar-refractivity contribution in [3.63, 3.8) is 0 Å². The van der Waals surface area contributed by atoms with E-state index >= 15 is 0 Å². The topological polar surface area (TPSA) is 133 Å². The summed E-state index contributed by atoms with van der Waals surface area (Å²) >= 11 is 1.67. The number of aryl methyl sites for hydroxylation is 1. The van der Waals surface area contributed by atoms with Crippen LogP contribution in [0.3, 0.4) is 0 Å². The van der Waals surface area contributed by atoms with Crippen LogP contribution in [0.1, 0.15) is 26.3 Å². The van der Waals surface area contributed by atoms with Crippen LogP contribution in [0.25, 0.3) is 0 Å². The largest absolute Gasteiger partial charge is 1.00 e. The maximum atomic E-state index is 12.5. The summed E-state index contributed by atoms with van der Waals surface area (Å²) in [5.41, 5.74) is 2.36. The van der Waals surface area contributed by atoms with Crippen molar-refractivity contribution in [2.45, 2.75) is 38.6 Å². The smallest absolute Gasteiger partial charge is 0.728 e. The third-order valence-corrected chi connectivity index (χ3v) is 6.99. The predicted molar refractivity (Wildman–Crippen MR) is 136 cm³/mol. The second-order valence-corrected chi connectivity index (χ2v) is 11.0. The summed E-state index contributed by atoms with van der Waals surface area (Å²) < 4.78 is 56.4. The fourth-order valence-corrected chi connectivity index (χ4v) is 4.86. The number of rotatable bonds is 10. The van der Waals surface area contributed by atoms with Crippen LogP contribution in [0.15, 0.2) is 57.0 Å². The summed E-state index contributed by atoms with van der Waals surface area (Å²) in [6.07, 6.45) is 2.02. The second-order valence-electron chi connectivity index (χ2n) is 7.44. The van der Waals surface area contributed by atoms with Crippen molar-refractivity contribution >= 4 is 41.2 Å². The van der Waals surface area contributed by atoms with E-state index in [1.54, 1.807) is 43.0 Å². The van der Waals surface area contributed by atoms with Gasteiger partial charge in [0, 0.05) is 30.7 Å². The standard InChI is InChI=1S/C13H22NO3PS.C8H11N3O3S.Na/c1-6-16-18(15,14-10(2)3)17-12-7-8-13(19-5)11(4)9-12;1-11(2)8-5-3-7(4-6-8)9-10-15(12,13)14;/h7-10H,6H2,1-5H3,(H,14,15);3-6H,1-2H3,(H,12,13,14);/q;;+1/p-1/b;10-9+;. The molecule has 0 aromatic heterocycles. The summed E-state index contributed by atoms with van der Waals surface area (Å²) in [6.45, 7) is 7.92. The molecule has 0 aliphatic rings. The summed E-state index contributed by atoms with van der Waals surface area (Å²) in [5, 5.41) is 6.14. The van der Waals surface area contributed by atoms with Gasteiger partial charge in [-0.25, -0.2) is 18.1 Å². The van der Waals surface area contributed by atoms with Gasteiger partial charge in [0.05, 0.1) is 12.3 Å². The van der Waals surface area contributed by atoms with Gasteiger partial charge in [0.1, 0.15) is 5.75 Å². The van der Waals surface area contributed by atoms with E-state index in [4.69, 9.17) is 9.05 Å². The third-order valence-electron chi connectivity index (χ3n) is 3.93. The molecule has 0 amide bonds. The first-order valence-corrected chi connectivity index (χ1v) is 14.4. The van der Waals surface area contributed by atoms with Crippen LogP contribution in [0.4, 0.5) is 11.4 Å². The first-order chi connectivity index (χ1) is 15.8. The fraction of sp³-hybridized carbons (Fsp3) is 0.429. The van der Waals surface area contributed by atoms with E-state index in [9.17, 15) is 17.5 Å². The van der Waals surface area contributed by atoms with Crippen molar-refractivity contribution in [3.8, 4) is 5.75 Å². The van der Waals surface area contributed by atoms with Crippen molar-refractivity contribution in [2.24, 2.45) is 9.63 Å². The number of benzene rings is 2. The molecule has 1 N–H and O–H groups in total. The van der Waals surface area contributed by atoms with E-state index in [2.05, 4.69) is 14.7 Å². The van der Waals surface area contributed by atoms with Crippen LogP contribution in [-0.2, 0) is 19.4 Å². The number of hydrogen-bond acceptors (Lipinski definition) is 9. The van der Waals surface area contributed by atoms with Gasteiger partial charge in [-0.15, -0.1) is 16.9 Å². The first-order valence-electron chi connectivity index (χ1n) is 10.3. The Morgan fingerprint density at radius 2 is 1.77 bits per heavy atom. The Labute approximate surface area is 235 Å². The van der Waals surface area contributed by atoms with Crippen LogP contribution >= 0.6 is 19.5 Å². The van der Waals surface area contributed by atoms with E-state index in [-0.39, 0.29) is 35.6 Å². The van der Waals surface area contributed by atoms with E-state index in [0.29, 0.717) is 18.0 Å². The molecule has 190 valence electrons. The number of nitrogens with zero attached hydrogens (tertiary/aromatic N) is 3. The molecular weight excluding hydrogens is 522 g/mol. The normalized spacial score (nSPS) is 12.9. The fourth-order valence-electron chi connectivity index (χ4n) is 2.54. The minimum atomic E-state index is -4.65. The first kappa shape index (κ1) is 34.0. The number of nitrogens with one attached hydrogen (secondary N) is 1. The molecule has 2 aromatic rings. The van der Waals surface area contributed by atoms with E-state index < -0.39 is 18.1 Å². The Morgan fingerprint density at radius 3 is 2.20 bits per heavy atom. The molecule has 10 nitrogen and oxygen atoms in total. The summed E-state index contributed by atoms with van der Waals surface area (Å²) in [7, 11) is -4.20. The number of thioether (sulfide) groups is 1. The maximum Gasteiger partial charge on any atom is 1.00 e. The summed E-state index contributed by atoms with van der Waals surface area (Å²) in [6, 6.07) is 12.3. The van der Waals surface area contributed by atoms with Crippen LogP contribution < -0.4 is 44.1 Å². The van der Waals surface area contributed by atoms with Gasteiger partial charge in [-0.05, 0) is 82.0 Å². The van der Waals surface area contributed by atoms with Crippen molar-refractivity contribution in [1.29, 1.82) is 0 Å².